The summed E-state index contributed by atoms with van der Waals surface area (Å²) >= 11 is 6.36. The van der Waals surface area contributed by atoms with Gasteiger partial charge in [-0.3, -0.25) is 13.9 Å². The first-order valence-corrected chi connectivity index (χ1v) is 13.8. The molecular formula is C23H30ClF2N4O8P. The van der Waals surface area contributed by atoms with Crippen LogP contribution >= 0.6 is 19.3 Å². The molecule has 1 unspecified atom stereocenters. The average Bonchev–Trinajstić information content (AvgIpc) is 3.12. The molecule has 0 saturated carbocycles. The molecule has 1 aromatic carbocycles. The highest BCUT2D eigenvalue weighted by atomic mass is 35.5. The topological polar surface area (TPSA) is 164 Å². The van der Waals surface area contributed by atoms with Crippen molar-refractivity contribution < 1.29 is 41.8 Å². The zero-order valence-corrected chi connectivity index (χ0v) is 23.1. The summed E-state index contributed by atoms with van der Waals surface area (Å²) in [5.41, 5.74) is 4.19. The number of nitrogens with zero attached hydrogens (tertiary/aromatic N) is 2. The van der Waals surface area contributed by atoms with Gasteiger partial charge < -0.3 is 24.8 Å². The van der Waals surface area contributed by atoms with Gasteiger partial charge in [0.05, 0.1) is 18.4 Å². The molecule has 0 radical (unpaired) electrons. The van der Waals surface area contributed by atoms with Crippen LogP contribution in [-0.4, -0.2) is 62.6 Å². The molecule has 7 atom stereocenters. The van der Waals surface area contributed by atoms with Crippen molar-refractivity contribution in [2.45, 2.75) is 69.3 Å². The number of aliphatic hydroxyl groups excluding tert-OH is 1. The molecule has 39 heavy (non-hydrogen) atoms. The molecule has 3 rings (SSSR count). The summed E-state index contributed by atoms with van der Waals surface area (Å²) in [5, 5.41) is 13.4. The van der Waals surface area contributed by atoms with Gasteiger partial charge in [0.15, 0.2) is 17.9 Å². The minimum Gasteiger partial charge on any atom is -0.462 e. The van der Waals surface area contributed by atoms with Crippen molar-refractivity contribution >= 4 is 31.1 Å². The van der Waals surface area contributed by atoms with Crippen LogP contribution in [0.3, 0.4) is 0 Å². The van der Waals surface area contributed by atoms with Gasteiger partial charge in [-0.05, 0) is 39.8 Å². The molecule has 16 heteroatoms. The maximum absolute atomic E-state index is 14.2. The van der Waals surface area contributed by atoms with E-state index in [1.807, 2.05) is 0 Å². The van der Waals surface area contributed by atoms with Gasteiger partial charge in [-0.2, -0.15) is 10.1 Å². The molecule has 12 nitrogen and oxygen atoms in total. The van der Waals surface area contributed by atoms with E-state index >= 15 is 0 Å². The summed E-state index contributed by atoms with van der Waals surface area (Å²) in [7, 11) is -4.43. The van der Waals surface area contributed by atoms with E-state index in [2.05, 4.69) is 10.1 Å². The lowest BCUT2D eigenvalue weighted by molar-refractivity contribution is -0.149. The first-order valence-electron chi connectivity index (χ1n) is 11.8. The average molecular weight is 595 g/mol. The number of ether oxygens (including phenoxy) is 2. The lowest BCUT2D eigenvalue weighted by atomic mass is 9.97. The molecule has 2 aromatic rings. The number of nitrogens with one attached hydrogen (secondary N) is 1. The fourth-order valence-corrected chi connectivity index (χ4v) is 5.77. The highest BCUT2D eigenvalue weighted by Crippen LogP contribution is 2.50. The number of esters is 1. The number of alkyl halides is 2. The zero-order valence-electron chi connectivity index (χ0n) is 21.5. The summed E-state index contributed by atoms with van der Waals surface area (Å²) < 4.78 is 64.7. The fourth-order valence-electron chi connectivity index (χ4n) is 3.79. The second-order valence-electron chi connectivity index (χ2n) is 9.17. The van der Waals surface area contributed by atoms with Gasteiger partial charge in [0, 0.05) is 0 Å². The Bertz CT molecular complexity index is 1270. The predicted octanol–water partition coefficient (Wildman–Crippen LogP) is 2.69. The van der Waals surface area contributed by atoms with Crippen molar-refractivity contribution in [1.29, 1.82) is 0 Å². The normalized spacial score (nSPS) is 26.1. The molecule has 4 N–H and O–H groups in total. The first kappa shape index (κ1) is 30.9. The van der Waals surface area contributed by atoms with Crippen LogP contribution in [0.4, 0.5) is 14.6 Å². The predicted molar refractivity (Wildman–Crippen MR) is 136 cm³/mol. The number of anilines is 1. The molecule has 0 bridgehead atoms. The Balaban J connectivity index is 1.91. The zero-order chi connectivity index (χ0) is 29.1. The van der Waals surface area contributed by atoms with Crippen LogP contribution in [0.2, 0.25) is 0 Å². The number of carbonyl (C=O) groups is 1. The first-order chi connectivity index (χ1) is 18.2. The molecule has 1 fully saturated rings. The molecule has 1 aliphatic rings. The second-order valence-corrected chi connectivity index (χ2v) is 11.5. The molecule has 0 amide bonds. The van der Waals surface area contributed by atoms with Crippen LogP contribution in [0.25, 0.3) is 0 Å². The van der Waals surface area contributed by atoms with Gasteiger partial charge in [0.25, 0.3) is 0 Å². The number of nitrogens with two attached hydrogens (primary N) is 1. The van der Waals surface area contributed by atoms with Crippen molar-refractivity contribution in [1.82, 2.24) is 14.6 Å². The molecule has 1 saturated heterocycles. The lowest BCUT2D eigenvalue weighted by Gasteiger charge is -2.30. The van der Waals surface area contributed by atoms with E-state index in [1.165, 1.54) is 26.0 Å². The number of halogens is 3. The summed E-state index contributed by atoms with van der Waals surface area (Å²) in [6.45, 7) is 4.54. The Hall–Kier alpha value is -2.61. The smallest absolute Gasteiger partial charge is 0.459 e. The van der Waals surface area contributed by atoms with Crippen LogP contribution in [-0.2, 0) is 23.4 Å². The quantitative estimate of drug-likeness (QED) is 0.199. The van der Waals surface area contributed by atoms with E-state index in [9.17, 15) is 28.0 Å². The van der Waals surface area contributed by atoms with Crippen molar-refractivity contribution in [2.75, 3.05) is 12.4 Å². The number of aromatic nitrogens is 2. The molecule has 1 aromatic heterocycles. The molecule has 0 spiro atoms. The number of hydrogen-bond acceptors (Lipinski definition) is 10. The van der Waals surface area contributed by atoms with E-state index < -0.39 is 79.3 Å². The van der Waals surface area contributed by atoms with Crippen LogP contribution in [0.5, 0.6) is 5.75 Å². The SMILES string of the molecule is CC(C)OC(=O)[C@H](C)N[P@](=O)(Oc1ccccc1)O[C@H](C)[C@H]1O[C@@H](n2cc(F)c(N)nc2=O)[C@@](Cl)(CF)C1O. The maximum atomic E-state index is 14.2. The standard InChI is InChI=1S/C23H30ClF2N4O8P/c1-12(2)35-20(32)13(3)29-39(34,38-15-8-6-5-7-9-15)37-14(4)17-18(31)23(24,11-25)21(36-17)30-10-16(26)19(27)28-22(30)33/h5-10,12-14,17-18,21,31H,11H2,1-4H3,(H,29,34)(H2,27,28,33)/t13-,14+,17+,18?,21+,23+,39+/m0/s1. The molecule has 0 aliphatic carbocycles. The number of aliphatic hydroxyl groups is 1. The maximum Gasteiger partial charge on any atom is 0.459 e. The van der Waals surface area contributed by atoms with Gasteiger partial charge in [-0.1, -0.05) is 18.2 Å². The number of rotatable bonds is 11. The lowest BCUT2D eigenvalue weighted by Crippen LogP contribution is -2.47. The number of para-hydroxylation sites is 1. The minimum atomic E-state index is -4.43. The summed E-state index contributed by atoms with van der Waals surface area (Å²) in [4.78, 5) is 25.8. The third-order valence-electron chi connectivity index (χ3n) is 5.68. The van der Waals surface area contributed by atoms with Crippen molar-refractivity contribution in [3.05, 3.63) is 52.8 Å². The summed E-state index contributed by atoms with van der Waals surface area (Å²) in [6.07, 6.45) is -6.31. The Kier molecular flexibility index (Phi) is 9.73. The Morgan fingerprint density at radius 1 is 1.33 bits per heavy atom. The number of hydrogen-bond donors (Lipinski definition) is 3. The van der Waals surface area contributed by atoms with Gasteiger partial charge in [0.1, 0.15) is 35.5 Å². The van der Waals surface area contributed by atoms with Crippen LogP contribution in [0, 0.1) is 5.82 Å². The second kappa shape index (κ2) is 12.3. The monoisotopic (exact) mass is 594 g/mol. The molecule has 1 aliphatic heterocycles. The highest BCUT2D eigenvalue weighted by molar-refractivity contribution is 7.52. The Labute approximate surface area is 227 Å². The summed E-state index contributed by atoms with van der Waals surface area (Å²) in [5.74, 6) is -2.44. The minimum absolute atomic E-state index is 0.112. The van der Waals surface area contributed by atoms with Crippen LogP contribution in [0.15, 0.2) is 41.3 Å². The van der Waals surface area contributed by atoms with Crippen molar-refractivity contribution in [2.24, 2.45) is 0 Å². The van der Waals surface area contributed by atoms with Crippen molar-refractivity contribution in [3.8, 4) is 5.75 Å². The van der Waals surface area contributed by atoms with E-state index in [4.69, 9.17) is 35.9 Å². The largest absolute Gasteiger partial charge is 0.462 e. The van der Waals surface area contributed by atoms with Gasteiger partial charge in [-0.15, -0.1) is 11.6 Å². The van der Waals surface area contributed by atoms with Gasteiger partial charge in [0.2, 0.25) is 0 Å². The van der Waals surface area contributed by atoms with E-state index in [1.54, 1.807) is 32.0 Å². The third-order valence-corrected chi connectivity index (χ3v) is 7.96. The third kappa shape index (κ3) is 6.94. The van der Waals surface area contributed by atoms with E-state index in [-0.39, 0.29) is 5.75 Å². The van der Waals surface area contributed by atoms with E-state index in [0.717, 1.165) is 0 Å². The summed E-state index contributed by atoms with van der Waals surface area (Å²) in [6, 6.07) is 6.70. The van der Waals surface area contributed by atoms with Crippen molar-refractivity contribution in [3.63, 3.8) is 0 Å². The number of benzene rings is 1. The molecule has 216 valence electrons. The fraction of sp³-hybridized carbons (Fsp3) is 0.522. The van der Waals surface area contributed by atoms with Gasteiger partial charge >= 0.3 is 19.4 Å². The Morgan fingerprint density at radius 3 is 2.56 bits per heavy atom. The Morgan fingerprint density at radius 2 is 1.97 bits per heavy atom. The highest BCUT2D eigenvalue weighted by Gasteiger charge is 2.59. The number of carbonyl (C=O) groups excluding carboxylic acids is 1. The van der Waals surface area contributed by atoms with Gasteiger partial charge in [-0.25, -0.2) is 18.1 Å². The van der Waals surface area contributed by atoms with Crippen LogP contribution in [0.1, 0.15) is 33.9 Å². The van der Waals surface area contributed by atoms with Crippen LogP contribution < -0.4 is 21.0 Å². The molecule has 2 heterocycles. The molecular weight excluding hydrogens is 565 g/mol. The number of nitrogen functional groups attached to an aromatic ring is 1. The van der Waals surface area contributed by atoms with E-state index in [0.29, 0.717) is 10.8 Å².